The number of hydrogen-bond donors (Lipinski definition) is 1. The molecule has 0 saturated heterocycles. The third-order valence-corrected chi connectivity index (χ3v) is 4.59. The highest BCUT2D eigenvalue weighted by atomic mass is 32.2. The van der Waals surface area contributed by atoms with Crippen molar-refractivity contribution in [2.75, 3.05) is 5.75 Å². The van der Waals surface area contributed by atoms with Gasteiger partial charge in [-0.3, -0.25) is 4.79 Å². The third kappa shape index (κ3) is 3.76. The Bertz CT molecular complexity index is 587. The first kappa shape index (κ1) is 14.9. The summed E-state index contributed by atoms with van der Waals surface area (Å²) in [4.78, 5) is 11.4. The van der Waals surface area contributed by atoms with Crippen molar-refractivity contribution in [1.82, 2.24) is 0 Å². The van der Waals surface area contributed by atoms with Gasteiger partial charge in [-0.15, -0.1) is 0 Å². The summed E-state index contributed by atoms with van der Waals surface area (Å²) in [7, 11) is 0. The first-order chi connectivity index (χ1) is 9.58. The van der Waals surface area contributed by atoms with Gasteiger partial charge in [0.15, 0.2) is 0 Å². The Morgan fingerprint density at radius 3 is 2.55 bits per heavy atom. The molecule has 0 unspecified atom stereocenters. The molecule has 0 radical (unpaired) electrons. The molecule has 1 atom stereocenters. The van der Waals surface area contributed by atoms with Gasteiger partial charge >= 0.3 is 5.97 Å². The van der Waals surface area contributed by atoms with E-state index >= 15 is 0 Å². The van der Waals surface area contributed by atoms with Crippen LogP contribution in [0.2, 0.25) is 0 Å². The highest BCUT2D eigenvalue weighted by molar-refractivity contribution is 7.99. The van der Waals surface area contributed by atoms with Gasteiger partial charge < -0.3 is 5.11 Å². The number of hydrogen-bond acceptors (Lipinski definition) is 2. The predicted octanol–water partition coefficient (Wildman–Crippen LogP) is 4.22. The first-order valence-electron chi connectivity index (χ1n) is 6.89. The maximum Gasteiger partial charge on any atom is 0.307 e. The van der Waals surface area contributed by atoms with Gasteiger partial charge in [0.1, 0.15) is 0 Å². The molecule has 0 bridgehead atoms. The molecule has 2 rings (SSSR count). The zero-order valence-corrected chi connectivity index (χ0v) is 12.7. The summed E-state index contributed by atoms with van der Waals surface area (Å²) in [5.74, 6) is -0.366. The van der Waals surface area contributed by atoms with Crippen LogP contribution < -0.4 is 0 Å². The van der Waals surface area contributed by atoms with Crippen LogP contribution in [0.3, 0.4) is 0 Å². The van der Waals surface area contributed by atoms with Crippen LogP contribution in [0, 0.1) is 5.92 Å². The second kappa shape index (κ2) is 6.80. The number of thioether (sulfide) groups is 1. The molecule has 2 nitrogen and oxygen atoms in total. The van der Waals surface area contributed by atoms with E-state index in [1.807, 2.05) is 24.3 Å². The summed E-state index contributed by atoms with van der Waals surface area (Å²) in [6.45, 7) is 4.20. The highest BCUT2D eigenvalue weighted by Crippen LogP contribution is 2.24. The van der Waals surface area contributed by atoms with Crippen LogP contribution >= 0.6 is 11.8 Å². The van der Waals surface area contributed by atoms with Crippen LogP contribution in [-0.2, 0) is 11.2 Å². The van der Waals surface area contributed by atoms with Crippen molar-refractivity contribution in [1.29, 1.82) is 0 Å². The lowest BCUT2D eigenvalue weighted by Crippen LogP contribution is -2.20. The number of carboxylic acids is 1. The molecule has 0 aliphatic carbocycles. The molecule has 0 aliphatic rings. The molecule has 3 heteroatoms. The van der Waals surface area contributed by atoms with Crippen LogP contribution in [0.5, 0.6) is 0 Å². The van der Waals surface area contributed by atoms with E-state index in [1.54, 1.807) is 11.8 Å². The smallest absolute Gasteiger partial charge is 0.307 e. The summed E-state index contributed by atoms with van der Waals surface area (Å²) in [6.07, 6.45) is 0.594. The Morgan fingerprint density at radius 2 is 1.85 bits per heavy atom. The van der Waals surface area contributed by atoms with E-state index < -0.39 is 5.97 Å². The number of benzene rings is 2. The lowest BCUT2D eigenvalue weighted by molar-refractivity contribution is -0.140. The van der Waals surface area contributed by atoms with Gasteiger partial charge in [0.25, 0.3) is 0 Å². The van der Waals surface area contributed by atoms with E-state index in [9.17, 15) is 9.90 Å². The van der Waals surface area contributed by atoms with Gasteiger partial charge in [-0.05, 0) is 28.0 Å². The van der Waals surface area contributed by atoms with E-state index in [0.29, 0.717) is 17.4 Å². The molecule has 0 fully saturated rings. The second-order valence-corrected chi connectivity index (χ2v) is 6.87. The molecule has 106 valence electrons. The first-order valence-corrected chi connectivity index (χ1v) is 7.94. The quantitative estimate of drug-likeness (QED) is 0.864. The standard InChI is InChI=1S/C17H20O2S/c1-12(2)20-11-15(17(18)19)10-14-8-5-7-13-6-3-4-9-16(13)14/h3-9,12,15H,10-11H2,1-2H3,(H,18,19)/t15-/m1/s1. The van der Waals surface area contributed by atoms with E-state index in [1.165, 1.54) is 5.39 Å². The normalized spacial score (nSPS) is 12.8. The minimum Gasteiger partial charge on any atom is -0.481 e. The average molecular weight is 288 g/mol. The van der Waals surface area contributed by atoms with Crippen LogP contribution in [0.15, 0.2) is 42.5 Å². The maximum atomic E-state index is 11.4. The predicted molar refractivity (Wildman–Crippen MR) is 86.4 cm³/mol. The highest BCUT2D eigenvalue weighted by Gasteiger charge is 2.19. The molecule has 0 aromatic heterocycles. The Labute approximate surface area is 124 Å². The topological polar surface area (TPSA) is 37.3 Å². The zero-order chi connectivity index (χ0) is 14.5. The third-order valence-electron chi connectivity index (χ3n) is 3.33. The molecular formula is C17H20O2S. The number of fused-ring (bicyclic) bond motifs is 1. The van der Waals surface area contributed by atoms with Gasteiger partial charge in [-0.2, -0.15) is 11.8 Å². The second-order valence-electron chi connectivity index (χ2n) is 5.26. The number of aliphatic carboxylic acids is 1. The van der Waals surface area contributed by atoms with Gasteiger partial charge in [0.05, 0.1) is 5.92 Å². The molecule has 2 aromatic rings. The van der Waals surface area contributed by atoms with Crippen molar-refractivity contribution >= 4 is 28.5 Å². The van der Waals surface area contributed by atoms with Gasteiger partial charge in [0, 0.05) is 5.75 Å². The van der Waals surface area contributed by atoms with Crippen molar-refractivity contribution in [2.45, 2.75) is 25.5 Å². The summed E-state index contributed by atoms with van der Waals surface area (Å²) >= 11 is 1.71. The van der Waals surface area contributed by atoms with E-state index in [0.717, 1.165) is 10.9 Å². The van der Waals surface area contributed by atoms with Crippen LogP contribution in [0.1, 0.15) is 19.4 Å². The molecule has 0 heterocycles. The Hall–Kier alpha value is -1.48. The van der Waals surface area contributed by atoms with Crippen molar-refractivity contribution in [3.05, 3.63) is 48.0 Å². The van der Waals surface area contributed by atoms with Crippen LogP contribution in [0.4, 0.5) is 0 Å². The molecule has 0 saturated carbocycles. The van der Waals surface area contributed by atoms with Crippen molar-refractivity contribution in [3.63, 3.8) is 0 Å². The lowest BCUT2D eigenvalue weighted by atomic mass is 9.96. The minimum atomic E-state index is -0.703. The monoisotopic (exact) mass is 288 g/mol. The van der Waals surface area contributed by atoms with Crippen molar-refractivity contribution in [3.8, 4) is 0 Å². The fourth-order valence-electron chi connectivity index (χ4n) is 2.26. The summed E-state index contributed by atoms with van der Waals surface area (Å²) < 4.78 is 0. The number of rotatable bonds is 6. The zero-order valence-electron chi connectivity index (χ0n) is 11.9. The fourth-order valence-corrected chi connectivity index (χ4v) is 3.14. The van der Waals surface area contributed by atoms with E-state index in [4.69, 9.17) is 0 Å². The fraction of sp³-hybridized carbons (Fsp3) is 0.353. The molecule has 0 spiro atoms. The van der Waals surface area contributed by atoms with E-state index in [2.05, 4.69) is 32.0 Å². The maximum absolute atomic E-state index is 11.4. The Morgan fingerprint density at radius 1 is 1.15 bits per heavy atom. The number of carbonyl (C=O) groups is 1. The average Bonchev–Trinajstić information content (AvgIpc) is 2.43. The largest absolute Gasteiger partial charge is 0.481 e. The van der Waals surface area contributed by atoms with Gasteiger partial charge in [-0.25, -0.2) is 0 Å². The van der Waals surface area contributed by atoms with E-state index in [-0.39, 0.29) is 5.92 Å². The Kier molecular flexibility index (Phi) is 5.07. The molecule has 0 amide bonds. The molecule has 20 heavy (non-hydrogen) atoms. The van der Waals surface area contributed by atoms with Crippen molar-refractivity contribution < 1.29 is 9.90 Å². The lowest BCUT2D eigenvalue weighted by Gasteiger charge is -2.15. The Balaban J connectivity index is 2.22. The molecule has 0 aliphatic heterocycles. The minimum absolute atomic E-state index is 0.326. The summed E-state index contributed by atoms with van der Waals surface area (Å²) in [5, 5.41) is 12.2. The summed E-state index contributed by atoms with van der Waals surface area (Å²) in [5.41, 5.74) is 1.12. The number of carboxylic acid groups (broad SMARTS) is 1. The van der Waals surface area contributed by atoms with Crippen LogP contribution in [0.25, 0.3) is 10.8 Å². The van der Waals surface area contributed by atoms with Crippen LogP contribution in [-0.4, -0.2) is 22.1 Å². The molecule has 2 aromatic carbocycles. The molecular weight excluding hydrogens is 268 g/mol. The summed E-state index contributed by atoms with van der Waals surface area (Å²) in [6, 6.07) is 14.3. The van der Waals surface area contributed by atoms with Crippen molar-refractivity contribution in [2.24, 2.45) is 5.92 Å². The SMILES string of the molecule is CC(C)SC[C@@H](Cc1cccc2ccccc12)C(=O)O. The van der Waals surface area contributed by atoms with Gasteiger partial charge in [-0.1, -0.05) is 56.3 Å². The molecule has 1 N–H and O–H groups in total. The van der Waals surface area contributed by atoms with Gasteiger partial charge in [0.2, 0.25) is 0 Å².